The van der Waals surface area contributed by atoms with Crippen LogP contribution in [0, 0.1) is 5.82 Å². The number of hydrogen-bond acceptors (Lipinski definition) is 2. The van der Waals surface area contributed by atoms with Crippen molar-refractivity contribution >= 4 is 10.0 Å². The molecule has 106 valence electrons. The van der Waals surface area contributed by atoms with Gasteiger partial charge in [-0.2, -0.15) is 0 Å². The number of rotatable bonds is 5. The van der Waals surface area contributed by atoms with E-state index >= 15 is 0 Å². The van der Waals surface area contributed by atoms with Crippen molar-refractivity contribution in [1.29, 1.82) is 0 Å². The van der Waals surface area contributed by atoms with Gasteiger partial charge >= 0.3 is 0 Å². The van der Waals surface area contributed by atoms with E-state index < -0.39 is 10.0 Å². The van der Waals surface area contributed by atoms with E-state index in [9.17, 15) is 12.8 Å². The maximum Gasteiger partial charge on any atom is 0.216 e. The fourth-order valence-corrected chi connectivity index (χ4v) is 3.31. The molecule has 2 aromatic carbocycles. The average Bonchev–Trinajstić information content (AvgIpc) is 2.41. The van der Waals surface area contributed by atoms with Crippen LogP contribution >= 0.6 is 0 Å². The number of halogens is 1. The van der Waals surface area contributed by atoms with E-state index in [4.69, 9.17) is 0 Å². The molecule has 0 heterocycles. The lowest BCUT2D eigenvalue weighted by Gasteiger charge is -2.14. The molecule has 0 aromatic heterocycles. The molecule has 0 spiro atoms. The highest BCUT2D eigenvalue weighted by molar-refractivity contribution is 7.88. The van der Waals surface area contributed by atoms with E-state index in [1.807, 2.05) is 30.3 Å². The molecule has 5 heteroatoms. The maximum absolute atomic E-state index is 12.8. The minimum atomic E-state index is -3.47. The van der Waals surface area contributed by atoms with Gasteiger partial charge in [-0.3, -0.25) is 0 Å². The van der Waals surface area contributed by atoms with Crippen LogP contribution in [0.2, 0.25) is 0 Å². The predicted octanol–water partition coefficient (Wildman–Crippen LogP) is 3.01. The first-order chi connectivity index (χ1) is 9.46. The van der Waals surface area contributed by atoms with Crippen molar-refractivity contribution in [3.63, 3.8) is 0 Å². The van der Waals surface area contributed by atoms with Crippen molar-refractivity contribution in [1.82, 2.24) is 4.72 Å². The molecule has 0 bridgehead atoms. The fourth-order valence-electron chi connectivity index (χ4n) is 1.92. The first-order valence-electron chi connectivity index (χ1n) is 6.26. The Balaban J connectivity index is 2.06. The lowest BCUT2D eigenvalue weighted by Crippen LogP contribution is -2.28. The fraction of sp³-hybridized carbons (Fsp3) is 0.200. The van der Waals surface area contributed by atoms with Gasteiger partial charge in [-0.1, -0.05) is 42.5 Å². The van der Waals surface area contributed by atoms with E-state index in [2.05, 4.69) is 4.72 Å². The van der Waals surface area contributed by atoms with E-state index in [-0.39, 0.29) is 17.6 Å². The molecule has 0 amide bonds. The Kier molecular flexibility index (Phi) is 4.52. The van der Waals surface area contributed by atoms with Gasteiger partial charge in [0, 0.05) is 6.04 Å². The summed E-state index contributed by atoms with van der Waals surface area (Å²) < 4.78 is 39.5. The molecule has 20 heavy (non-hydrogen) atoms. The molecule has 2 aromatic rings. The van der Waals surface area contributed by atoms with Crippen LogP contribution in [0.25, 0.3) is 0 Å². The van der Waals surface area contributed by atoms with Crippen LogP contribution in [0.4, 0.5) is 4.39 Å². The van der Waals surface area contributed by atoms with Gasteiger partial charge in [0.1, 0.15) is 5.82 Å². The molecule has 1 atom stereocenters. The Hall–Kier alpha value is -1.72. The van der Waals surface area contributed by atoms with Crippen LogP contribution in [0.3, 0.4) is 0 Å². The van der Waals surface area contributed by atoms with E-state index in [1.165, 1.54) is 24.3 Å². The van der Waals surface area contributed by atoms with Crippen molar-refractivity contribution in [2.45, 2.75) is 18.7 Å². The van der Waals surface area contributed by atoms with E-state index in [0.29, 0.717) is 5.56 Å². The third kappa shape index (κ3) is 4.15. The minimum absolute atomic E-state index is 0.162. The summed E-state index contributed by atoms with van der Waals surface area (Å²) in [5, 5.41) is 0. The molecule has 0 aliphatic rings. The smallest absolute Gasteiger partial charge is 0.212 e. The molecule has 0 aliphatic carbocycles. The highest BCUT2D eigenvalue weighted by Gasteiger charge is 2.16. The van der Waals surface area contributed by atoms with Gasteiger partial charge in [-0.15, -0.1) is 0 Å². The van der Waals surface area contributed by atoms with Gasteiger partial charge < -0.3 is 0 Å². The third-order valence-corrected chi connectivity index (χ3v) is 4.35. The number of hydrogen-bond donors (Lipinski definition) is 1. The van der Waals surface area contributed by atoms with Crippen molar-refractivity contribution in [2.75, 3.05) is 0 Å². The molecule has 0 aliphatic heterocycles. The third-order valence-electron chi connectivity index (χ3n) is 2.93. The van der Waals surface area contributed by atoms with Gasteiger partial charge in [0.15, 0.2) is 0 Å². The lowest BCUT2D eigenvalue weighted by atomic mass is 10.1. The summed E-state index contributed by atoms with van der Waals surface area (Å²) in [5.74, 6) is -0.540. The predicted molar refractivity (Wildman–Crippen MR) is 77.0 cm³/mol. The molecule has 2 rings (SSSR count). The molecule has 0 saturated carbocycles. The van der Waals surface area contributed by atoms with Crippen LogP contribution in [-0.2, 0) is 15.8 Å². The van der Waals surface area contributed by atoms with Gasteiger partial charge in [-0.05, 0) is 30.2 Å². The Morgan fingerprint density at radius 3 is 2.25 bits per heavy atom. The van der Waals surface area contributed by atoms with Crippen molar-refractivity contribution < 1.29 is 12.8 Å². The summed E-state index contributed by atoms with van der Waals surface area (Å²) in [6.45, 7) is 1.79. The topological polar surface area (TPSA) is 46.2 Å². The molecule has 0 saturated heterocycles. The molecule has 3 nitrogen and oxygen atoms in total. The molecular weight excluding hydrogens is 277 g/mol. The highest BCUT2D eigenvalue weighted by atomic mass is 32.2. The number of sulfonamides is 1. The Morgan fingerprint density at radius 1 is 1.05 bits per heavy atom. The normalized spacial score (nSPS) is 13.1. The minimum Gasteiger partial charge on any atom is -0.212 e. The van der Waals surface area contributed by atoms with Crippen LogP contribution in [0.15, 0.2) is 54.6 Å². The second kappa shape index (κ2) is 6.15. The summed E-state index contributed by atoms with van der Waals surface area (Å²) in [4.78, 5) is 0. The van der Waals surface area contributed by atoms with Gasteiger partial charge in [-0.25, -0.2) is 17.5 Å². The maximum atomic E-state index is 12.8. The zero-order valence-electron chi connectivity index (χ0n) is 11.1. The Labute approximate surface area is 118 Å². The van der Waals surface area contributed by atoms with Gasteiger partial charge in [0.05, 0.1) is 5.75 Å². The van der Waals surface area contributed by atoms with Crippen molar-refractivity contribution in [2.24, 2.45) is 0 Å². The van der Waals surface area contributed by atoms with Gasteiger partial charge in [0.25, 0.3) is 0 Å². The van der Waals surface area contributed by atoms with Gasteiger partial charge in [0.2, 0.25) is 10.0 Å². The quantitative estimate of drug-likeness (QED) is 0.921. The zero-order valence-corrected chi connectivity index (χ0v) is 11.9. The zero-order chi connectivity index (χ0) is 14.6. The monoisotopic (exact) mass is 293 g/mol. The van der Waals surface area contributed by atoms with Crippen LogP contribution in [-0.4, -0.2) is 8.42 Å². The number of benzene rings is 2. The highest BCUT2D eigenvalue weighted by Crippen LogP contribution is 2.14. The van der Waals surface area contributed by atoms with Crippen molar-refractivity contribution in [3.8, 4) is 0 Å². The molecule has 0 radical (unpaired) electrons. The SMILES string of the molecule is C[C@H](NS(=O)(=O)Cc1ccc(F)cc1)c1ccccc1. The molecular formula is C15H16FNO2S. The molecule has 0 unspecified atom stereocenters. The molecule has 0 fully saturated rings. The Morgan fingerprint density at radius 2 is 1.65 bits per heavy atom. The van der Waals surface area contributed by atoms with Crippen LogP contribution in [0.1, 0.15) is 24.1 Å². The first kappa shape index (κ1) is 14.7. The Bertz CT molecular complexity index is 654. The largest absolute Gasteiger partial charge is 0.216 e. The summed E-state index contributed by atoms with van der Waals surface area (Å²) in [6.07, 6.45) is 0. The first-order valence-corrected chi connectivity index (χ1v) is 7.91. The summed E-state index contributed by atoms with van der Waals surface area (Å²) >= 11 is 0. The lowest BCUT2D eigenvalue weighted by molar-refractivity contribution is 0.566. The van der Waals surface area contributed by atoms with Crippen LogP contribution < -0.4 is 4.72 Å². The van der Waals surface area contributed by atoms with E-state index in [0.717, 1.165) is 5.56 Å². The second-order valence-electron chi connectivity index (χ2n) is 4.64. The van der Waals surface area contributed by atoms with Crippen molar-refractivity contribution in [3.05, 3.63) is 71.5 Å². The summed E-state index contributed by atoms with van der Waals surface area (Å²) in [5.41, 5.74) is 1.45. The summed E-state index contributed by atoms with van der Waals surface area (Å²) in [7, 11) is -3.47. The molecule has 1 N–H and O–H groups in total. The standard InChI is InChI=1S/C15H16FNO2S/c1-12(14-5-3-2-4-6-14)17-20(18,19)11-13-7-9-15(16)10-8-13/h2-10,12,17H,11H2,1H3/t12-/m0/s1. The number of nitrogens with one attached hydrogen (secondary N) is 1. The summed E-state index contributed by atoms with van der Waals surface area (Å²) in [6, 6.07) is 14.5. The van der Waals surface area contributed by atoms with Crippen LogP contribution in [0.5, 0.6) is 0 Å². The average molecular weight is 293 g/mol. The second-order valence-corrected chi connectivity index (χ2v) is 6.39. The van der Waals surface area contributed by atoms with E-state index in [1.54, 1.807) is 6.92 Å².